The number of methoxy groups -OCH3 is 1. The van der Waals surface area contributed by atoms with Crippen LogP contribution in [0.5, 0.6) is 0 Å². The number of ether oxygens (including phenoxy) is 1. The lowest BCUT2D eigenvalue weighted by atomic mass is 9.80. The van der Waals surface area contributed by atoms with Gasteiger partial charge in [0.25, 0.3) is 0 Å². The van der Waals surface area contributed by atoms with Crippen molar-refractivity contribution in [2.75, 3.05) is 12.4 Å². The average Bonchev–Trinajstić information content (AvgIpc) is 2.67. The van der Waals surface area contributed by atoms with Crippen molar-refractivity contribution in [3.63, 3.8) is 0 Å². The predicted octanol–water partition coefficient (Wildman–Crippen LogP) is 4.39. The van der Waals surface area contributed by atoms with Crippen LogP contribution in [0.2, 0.25) is 0 Å². The molecule has 0 saturated heterocycles. The van der Waals surface area contributed by atoms with Gasteiger partial charge in [-0.05, 0) is 42.7 Å². The summed E-state index contributed by atoms with van der Waals surface area (Å²) in [6, 6.07) is 17.2. The largest absolute Gasteiger partial charge is 0.465 e. The fourth-order valence-corrected chi connectivity index (χ4v) is 3.44. The number of hydrogen-bond acceptors (Lipinski definition) is 4. The molecule has 3 rings (SSSR count). The Hall–Kier alpha value is -2.62. The first-order valence-corrected chi connectivity index (χ1v) is 8.71. The minimum absolute atomic E-state index is 0.0436. The second-order valence-corrected chi connectivity index (χ2v) is 6.42. The summed E-state index contributed by atoms with van der Waals surface area (Å²) in [6.45, 7) is 0. The van der Waals surface area contributed by atoms with Crippen LogP contribution in [-0.2, 0) is 9.53 Å². The first-order valence-electron chi connectivity index (χ1n) is 8.71. The molecule has 0 aromatic heterocycles. The monoisotopic (exact) mass is 337 g/mol. The van der Waals surface area contributed by atoms with E-state index in [0.29, 0.717) is 17.8 Å². The lowest BCUT2D eigenvalue weighted by Crippen LogP contribution is -2.30. The fourth-order valence-electron chi connectivity index (χ4n) is 3.44. The highest BCUT2D eigenvalue weighted by Crippen LogP contribution is 2.35. The van der Waals surface area contributed by atoms with Crippen LogP contribution in [0, 0.1) is 5.92 Å². The zero-order valence-corrected chi connectivity index (χ0v) is 14.4. The van der Waals surface area contributed by atoms with E-state index in [2.05, 4.69) is 5.32 Å². The Balaban J connectivity index is 1.89. The summed E-state index contributed by atoms with van der Waals surface area (Å²) in [4.78, 5) is 24.2. The van der Waals surface area contributed by atoms with Crippen LogP contribution >= 0.6 is 0 Å². The van der Waals surface area contributed by atoms with Crippen molar-refractivity contribution in [3.05, 3.63) is 65.7 Å². The fraction of sp³-hybridized carbons (Fsp3) is 0.333. The molecule has 0 amide bonds. The third-order valence-electron chi connectivity index (χ3n) is 4.79. The quantitative estimate of drug-likeness (QED) is 0.822. The van der Waals surface area contributed by atoms with Crippen LogP contribution in [0.25, 0.3) is 0 Å². The van der Waals surface area contributed by atoms with Gasteiger partial charge in [0.15, 0.2) is 0 Å². The Morgan fingerprint density at radius 3 is 2.44 bits per heavy atom. The average molecular weight is 337 g/mol. The van der Waals surface area contributed by atoms with Crippen molar-refractivity contribution in [1.29, 1.82) is 0 Å². The van der Waals surface area contributed by atoms with E-state index in [-0.39, 0.29) is 17.9 Å². The summed E-state index contributed by atoms with van der Waals surface area (Å²) in [5.41, 5.74) is 2.51. The molecule has 25 heavy (non-hydrogen) atoms. The van der Waals surface area contributed by atoms with Crippen molar-refractivity contribution in [2.24, 2.45) is 5.92 Å². The van der Waals surface area contributed by atoms with Crippen LogP contribution in [0.3, 0.4) is 0 Å². The van der Waals surface area contributed by atoms with Gasteiger partial charge in [0.1, 0.15) is 5.78 Å². The highest BCUT2D eigenvalue weighted by atomic mass is 16.5. The van der Waals surface area contributed by atoms with Crippen LogP contribution < -0.4 is 5.32 Å². The highest BCUT2D eigenvalue weighted by molar-refractivity contribution is 5.89. The molecule has 1 aliphatic rings. The van der Waals surface area contributed by atoms with Crippen LogP contribution in [-0.4, -0.2) is 18.9 Å². The second kappa shape index (κ2) is 7.97. The maximum atomic E-state index is 12.5. The first-order chi connectivity index (χ1) is 12.2. The van der Waals surface area contributed by atoms with Gasteiger partial charge in [-0.25, -0.2) is 4.79 Å². The standard InChI is InChI=1S/C21H23NO3/c1-25-21(24)16-13-11-15(12-14-16)20(18-9-5-6-10-19(18)23)22-17-7-3-2-4-8-17/h2-4,7-8,11-14,18,20,22H,5-6,9-10H2,1H3/t18-,20+/m0/s1. The summed E-state index contributed by atoms with van der Waals surface area (Å²) >= 11 is 0. The smallest absolute Gasteiger partial charge is 0.337 e. The van der Waals surface area contributed by atoms with Crippen molar-refractivity contribution in [1.82, 2.24) is 0 Å². The molecule has 1 aliphatic carbocycles. The van der Waals surface area contributed by atoms with Crippen molar-refractivity contribution < 1.29 is 14.3 Å². The number of rotatable bonds is 5. The van der Waals surface area contributed by atoms with E-state index in [4.69, 9.17) is 4.74 Å². The Bertz CT molecular complexity index is 725. The van der Waals surface area contributed by atoms with E-state index < -0.39 is 0 Å². The maximum absolute atomic E-state index is 12.5. The number of carbonyl (C=O) groups excluding carboxylic acids is 2. The molecule has 130 valence electrons. The van der Waals surface area contributed by atoms with Crippen LogP contribution in [0.1, 0.15) is 47.6 Å². The molecule has 4 heteroatoms. The van der Waals surface area contributed by atoms with Gasteiger partial charge in [-0.3, -0.25) is 4.79 Å². The molecule has 0 spiro atoms. The number of nitrogens with one attached hydrogen (secondary N) is 1. The molecule has 0 unspecified atom stereocenters. The van der Waals surface area contributed by atoms with Gasteiger partial charge < -0.3 is 10.1 Å². The number of ketones is 1. The molecule has 2 atom stereocenters. The van der Waals surface area contributed by atoms with Crippen molar-refractivity contribution >= 4 is 17.4 Å². The Kier molecular flexibility index (Phi) is 5.49. The van der Waals surface area contributed by atoms with Crippen molar-refractivity contribution in [2.45, 2.75) is 31.7 Å². The SMILES string of the molecule is COC(=O)c1ccc([C@@H](Nc2ccccc2)[C@H]2CCCCC2=O)cc1. The summed E-state index contributed by atoms with van der Waals surface area (Å²) in [5, 5.41) is 3.52. The number of carbonyl (C=O) groups is 2. The Morgan fingerprint density at radius 1 is 1.08 bits per heavy atom. The zero-order valence-electron chi connectivity index (χ0n) is 14.4. The van der Waals surface area contributed by atoms with Gasteiger partial charge in [-0.2, -0.15) is 0 Å². The molecule has 2 aromatic rings. The van der Waals surface area contributed by atoms with Crippen molar-refractivity contribution in [3.8, 4) is 0 Å². The molecule has 1 fully saturated rings. The van der Waals surface area contributed by atoms with E-state index in [1.54, 1.807) is 12.1 Å². The van der Waals surface area contributed by atoms with E-state index in [0.717, 1.165) is 30.5 Å². The second-order valence-electron chi connectivity index (χ2n) is 6.42. The van der Waals surface area contributed by atoms with Gasteiger partial charge in [-0.1, -0.05) is 36.8 Å². The van der Waals surface area contributed by atoms with Crippen LogP contribution in [0.15, 0.2) is 54.6 Å². The van der Waals surface area contributed by atoms with Crippen LogP contribution in [0.4, 0.5) is 5.69 Å². The minimum atomic E-state index is -0.354. The molecular weight excluding hydrogens is 314 g/mol. The number of benzene rings is 2. The summed E-state index contributed by atoms with van der Waals surface area (Å²) in [6.07, 6.45) is 3.60. The minimum Gasteiger partial charge on any atom is -0.465 e. The third-order valence-corrected chi connectivity index (χ3v) is 4.79. The molecule has 2 aromatic carbocycles. The topological polar surface area (TPSA) is 55.4 Å². The molecule has 1 N–H and O–H groups in total. The van der Waals surface area contributed by atoms with Gasteiger partial charge >= 0.3 is 5.97 Å². The molecule has 0 radical (unpaired) electrons. The molecule has 1 saturated carbocycles. The predicted molar refractivity (Wildman–Crippen MR) is 97.6 cm³/mol. The summed E-state index contributed by atoms with van der Waals surface area (Å²) in [5.74, 6) is -0.0810. The highest BCUT2D eigenvalue weighted by Gasteiger charge is 2.31. The maximum Gasteiger partial charge on any atom is 0.337 e. The van der Waals surface area contributed by atoms with Gasteiger partial charge in [0, 0.05) is 18.0 Å². The number of anilines is 1. The Labute approximate surface area is 148 Å². The molecular formula is C21H23NO3. The lowest BCUT2D eigenvalue weighted by Gasteiger charge is -2.31. The van der Waals surface area contributed by atoms with E-state index in [1.807, 2.05) is 42.5 Å². The summed E-state index contributed by atoms with van der Waals surface area (Å²) < 4.78 is 4.76. The third kappa shape index (κ3) is 4.08. The first kappa shape index (κ1) is 17.2. The molecule has 0 bridgehead atoms. The molecule has 4 nitrogen and oxygen atoms in total. The lowest BCUT2D eigenvalue weighted by molar-refractivity contribution is -0.125. The normalized spacial score (nSPS) is 18.4. The summed E-state index contributed by atoms with van der Waals surface area (Å²) in [7, 11) is 1.37. The molecule has 0 heterocycles. The van der Waals surface area contributed by atoms with E-state index in [1.165, 1.54) is 7.11 Å². The number of hydrogen-bond donors (Lipinski definition) is 1. The number of para-hydroxylation sites is 1. The zero-order chi connectivity index (χ0) is 17.6. The van der Waals surface area contributed by atoms with Gasteiger partial charge in [-0.15, -0.1) is 0 Å². The van der Waals surface area contributed by atoms with Gasteiger partial charge in [0.2, 0.25) is 0 Å². The van der Waals surface area contributed by atoms with E-state index >= 15 is 0 Å². The van der Waals surface area contributed by atoms with E-state index in [9.17, 15) is 9.59 Å². The number of Topliss-reactive ketones (excluding diaryl/α,β-unsaturated/α-hetero) is 1. The molecule has 0 aliphatic heterocycles. The van der Waals surface area contributed by atoms with Gasteiger partial charge in [0.05, 0.1) is 18.7 Å². The number of esters is 1. The Morgan fingerprint density at radius 2 is 1.80 bits per heavy atom.